The number of thiocarbonyl (C=S) groups is 1. The minimum absolute atomic E-state index is 0.644. The summed E-state index contributed by atoms with van der Waals surface area (Å²) in [5.74, 6) is 0. The number of rotatable bonds is 11. The van der Waals surface area contributed by atoms with Crippen LogP contribution in [-0.4, -0.2) is 69.8 Å². The van der Waals surface area contributed by atoms with E-state index in [1.807, 2.05) is 13.8 Å². The van der Waals surface area contributed by atoms with Crippen LogP contribution in [0.15, 0.2) is 0 Å². The molecule has 6 heteroatoms. The minimum Gasteiger partial charge on any atom is -0.383 e. The molecule has 5 nitrogen and oxygen atoms in total. The largest absolute Gasteiger partial charge is 0.383 e. The van der Waals surface area contributed by atoms with Crippen molar-refractivity contribution in [2.45, 2.75) is 13.8 Å². The summed E-state index contributed by atoms with van der Waals surface area (Å²) in [5, 5.41) is 3.89. The minimum atomic E-state index is 0.644. The molecule has 0 heterocycles. The van der Waals surface area contributed by atoms with E-state index in [2.05, 4.69) is 10.2 Å². The van der Waals surface area contributed by atoms with Crippen LogP contribution in [0, 0.1) is 0 Å². The molecule has 108 valence electrons. The van der Waals surface area contributed by atoms with Crippen molar-refractivity contribution in [1.29, 1.82) is 0 Å². The van der Waals surface area contributed by atoms with Gasteiger partial charge in [0.05, 0.1) is 19.8 Å². The van der Waals surface area contributed by atoms with E-state index in [-0.39, 0.29) is 0 Å². The van der Waals surface area contributed by atoms with Crippen LogP contribution in [0.5, 0.6) is 0 Å². The van der Waals surface area contributed by atoms with E-state index < -0.39 is 0 Å². The highest BCUT2D eigenvalue weighted by molar-refractivity contribution is 7.80. The second-order valence-corrected chi connectivity index (χ2v) is 3.99. The maximum Gasteiger partial charge on any atom is 0.169 e. The maximum atomic E-state index is 5.35. The molecule has 0 spiro atoms. The zero-order valence-corrected chi connectivity index (χ0v) is 12.6. The van der Waals surface area contributed by atoms with Crippen LogP contribution in [0.2, 0.25) is 0 Å². The molecule has 0 fully saturated rings. The van der Waals surface area contributed by atoms with Crippen molar-refractivity contribution in [2.75, 3.05) is 59.8 Å². The first kappa shape index (κ1) is 17.6. The molecule has 0 aromatic heterocycles. The summed E-state index contributed by atoms with van der Waals surface area (Å²) in [6.45, 7) is 9.69. The lowest BCUT2D eigenvalue weighted by Gasteiger charge is -2.25. The van der Waals surface area contributed by atoms with Crippen molar-refractivity contribution >= 4 is 17.3 Å². The average molecular weight is 278 g/mol. The SMILES string of the molecule is CCOCCN(CCOCC)C(=S)NCCOC. The van der Waals surface area contributed by atoms with Gasteiger partial charge in [0, 0.05) is 40.0 Å². The lowest BCUT2D eigenvalue weighted by molar-refractivity contribution is 0.106. The van der Waals surface area contributed by atoms with E-state index in [4.69, 9.17) is 26.4 Å². The molecular formula is C12H26N2O3S. The van der Waals surface area contributed by atoms with Gasteiger partial charge in [-0.3, -0.25) is 0 Å². The highest BCUT2D eigenvalue weighted by atomic mass is 32.1. The molecule has 0 aliphatic rings. The van der Waals surface area contributed by atoms with Crippen LogP contribution < -0.4 is 5.32 Å². The monoisotopic (exact) mass is 278 g/mol. The van der Waals surface area contributed by atoms with Gasteiger partial charge in [-0.15, -0.1) is 0 Å². The summed E-state index contributed by atoms with van der Waals surface area (Å²) in [6.07, 6.45) is 0. The number of hydrogen-bond acceptors (Lipinski definition) is 4. The molecule has 0 amide bonds. The summed E-state index contributed by atoms with van der Waals surface area (Å²) < 4.78 is 15.7. The van der Waals surface area contributed by atoms with Crippen molar-refractivity contribution in [3.05, 3.63) is 0 Å². The molecule has 0 bridgehead atoms. The van der Waals surface area contributed by atoms with Gasteiger partial charge in [0.25, 0.3) is 0 Å². The first-order valence-electron chi connectivity index (χ1n) is 6.43. The van der Waals surface area contributed by atoms with Crippen LogP contribution >= 0.6 is 12.2 Å². The van der Waals surface area contributed by atoms with Gasteiger partial charge in [-0.05, 0) is 26.1 Å². The van der Waals surface area contributed by atoms with Gasteiger partial charge in [0.15, 0.2) is 5.11 Å². The van der Waals surface area contributed by atoms with Gasteiger partial charge < -0.3 is 24.4 Å². The molecule has 0 saturated carbocycles. The van der Waals surface area contributed by atoms with E-state index in [0.29, 0.717) is 19.8 Å². The topological polar surface area (TPSA) is 43.0 Å². The van der Waals surface area contributed by atoms with Crippen molar-refractivity contribution in [1.82, 2.24) is 10.2 Å². The lowest BCUT2D eigenvalue weighted by atomic mass is 10.5. The molecule has 0 rings (SSSR count). The normalized spacial score (nSPS) is 10.4. The first-order valence-corrected chi connectivity index (χ1v) is 6.84. The van der Waals surface area contributed by atoms with Gasteiger partial charge >= 0.3 is 0 Å². The maximum absolute atomic E-state index is 5.35. The number of nitrogens with zero attached hydrogens (tertiary/aromatic N) is 1. The number of ether oxygens (including phenoxy) is 3. The summed E-state index contributed by atoms with van der Waals surface area (Å²) in [5.41, 5.74) is 0. The first-order chi connectivity index (χ1) is 8.76. The third-order valence-electron chi connectivity index (χ3n) is 2.29. The molecule has 1 N–H and O–H groups in total. The smallest absolute Gasteiger partial charge is 0.169 e. The van der Waals surface area contributed by atoms with Crippen LogP contribution in [0.3, 0.4) is 0 Å². The van der Waals surface area contributed by atoms with E-state index >= 15 is 0 Å². The second-order valence-electron chi connectivity index (χ2n) is 3.61. The Labute approximate surface area is 116 Å². The van der Waals surface area contributed by atoms with Crippen LogP contribution in [0.25, 0.3) is 0 Å². The van der Waals surface area contributed by atoms with Gasteiger partial charge in [0.1, 0.15) is 0 Å². The molecule has 0 aliphatic carbocycles. The van der Waals surface area contributed by atoms with Crippen molar-refractivity contribution in [2.24, 2.45) is 0 Å². The zero-order valence-electron chi connectivity index (χ0n) is 11.7. The van der Waals surface area contributed by atoms with E-state index in [1.54, 1.807) is 7.11 Å². The summed E-state index contributed by atoms with van der Waals surface area (Å²) in [6, 6.07) is 0. The van der Waals surface area contributed by atoms with E-state index in [0.717, 1.165) is 38.0 Å². The van der Waals surface area contributed by atoms with Crippen LogP contribution in [-0.2, 0) is 14.2 Å². The Kier molecular flexibility index (Phi) is 12.7. The second kappa shape index (κ2) is 13.0. The number of methoxy groups -OCH3 is 1. The fourth-order valence-corrected chi connectivity index (χ4v) is 1.61. The van der Waals surface area contributed by atoms with E-state index in [9.17, 15) is 0 Å². The van der Waals surface area contributed by atoms with Crippen molar-refractivity contribution in [3.8, 4) is 0 Å². The number of hydrogen-bond donors (Lipinski definition) is 1. The molecule has 0 radical (unpaired) electrons. The quantitative estimate of drug-likeness (QED) is 0.447. The molecule has 0 saturated heterocycles. The Morgan fingerprint density at radius 2 is 1.61 bits per heavy atom. The van der Waals surface area contributed by atoms with Gasteiger partial charge in [-0.2, -0.15) is 0 Å². The Hall–Kier alpha value is -0.430. The molecular weight excluding hydrogens is 252 g/mol. The summed E-state index contributed by atoms with van der Waals surface area (Å²) in [4.78, 5) is 2.07. The predicted octanol–water partition coefficient (Wildman–Crippen LogP) is 0.882. The molecule has 0 aliphatic heterocycles. The van der Waals surface area contributed by atoms with Gasteiger partial charge in [-0.25, -0.2) is 0 Å². The Bertz CT molecular complexity index is 196. The van der Waals surface area contributed by atoms with Gasteiger partial charge in [0.2, 0.25) is 0 Å². The summed E-state index contributed by atoms with van der Waals surface area (Å²) >= 11 is 5.34. The molecule has 0 atom stereocenters. The number of nitrogens with one attached hydrogen (secondary N) is 1. The van der Waals surface area contributed by atoms with Crippen molar-refractivity contribution < 1.29 is 14.2 Å². The van der Waals surface area contributed by atoms with Crippen molar-refractivity contribution in [3.63, 3.8) is 0 Å². The third-order valence-corrected chi connectivity index (χ3v) is 2.69. The Morgan fingerprint density at radius 3 is 2.06 bits per heavy atom. The fourth-order valence-electron chi connectivity index (χ4n) is 1.32. The third kappa shape index (κ3) is 9.58. The standard InChI is InChI=1S/C12H26N2O3S/c1-4-16-10-7-14(8-11-17-5-2)12(18)13-6-9-15-3/h4-11H2,1-3H3,(H,13,18). The van der Waals surface area contributed by atoms with Crippen LogP contribution in [0.4, 0.5) is 0 Å². The zero-order chi connectivity index (χ0) is 13.6. The Balaban J connectivity index is 3.95. The molecule has 18 heavy (non-hydrogen) atoms. The molecule has 0 aromatic rings. The molecule has 0 unspecified atom stereocenters. The highest BCUT2D eigenvalue weighted by Crippen LogP contribution is 1.92. The highest BCUT2D eigenvalue weighted by Gasteiger charge is 2.08. The van der Waals surface area contributed by atoms with Crippen LogP contribution in [0.1, 0.15) is 13.8 Å². The predicted molar refractivity (Wildman–Crippen MR) is 77.0 cm³/mol. The average Bonchev–Trinajstić information content (AvgIpc) is 2.37. The lowest BCUT2D eigenvalue weighted by Crippen LogP contribution is -2.44. The molecule has 0 aromatic carbocycles. The Morgan fingerprint density at radius 1 is 1.06 bits per heavy atom. The fraction of sp³-hybridized carbons (Fsp3) is 0.917. The van der Waals surface area contributed by atoms with Gasteiger partial charge in [-0.1, -0.05) is 0 Å². The van der Waals surface area contributed by atoms with E-state index in [1.165, 1.54) is 0 Å². The summed E-state index contributed by atoms with van der Waals surface area (Å²) in [7, 11) is 1.67.